The zero-order chi connectivity index (χ0) is 26.3. The van der Waals surface area contributed by atoms with Gasteiger partial charge in [0.1, 0.15) is 10.0 Å². The van der Waals surface area contributed by atoms with Gasteiger partial charge in [-0.3, -0.25) is 4.72 Å². The van der Waals surface area contributed by atoms with Crippen molar-refractivity contribution in [1.29, 1.82) is 0 Å². The van der Waals surface area contributed by atoms with E-state index in [-0.39, 0.29) is 52.6 Å². The van der Waals surface area contributed by atoms with Crippen molar-refractivity contribution in [2.45, 2.75) is 16.6 Å². The molecule has 194 valence electrons. The average molecular weight is 571 g/mol. The van der Waals surface area contributed by atoms with E-state index in [2.05, 4.69) is 9.71 Å². The van der Waals surface area contributed by atoms with E-state index in [1.807, 2.05) is 0 Å². The molecule has 1 N–H and O–H groups in total. The number of aromatic nitrogens is 1. The second-order valence-corrected chi connectivity index (χ2v) is 11.0. The molecule has 15 heteroatoms. The van der Waals surface area contributed by atoms with Crippen molar-refractivity contribution in [1.82, 2.24) is 4.98 Å². The van der Waals surface area contributed by atoms with Crippen molar-refractivity contribution < 1.29 is 34.8 Å². The van der Waals surface area contributed by atoms with Crippen LogP contribution in [0.2, 0.25) is 5.02 Å². The molecular formula is C21H17ClF6N4O2S2. The number of sulfonamides is 1. The van der Waals surface area contributed by atoms with E-state index in [0.717, 1.165) is 29.5 Å². The largest absolute Gasteiger partial charge is 0.417 e. The van der Waals surface area contributed by atoms with Gasteiger partial charge in [-0.25, -0.2) is 13.4 Å². The van der Waals surface area contributed by atoms with Crippen LogP contribution in [0.1, 0.15) is 11.1 Å². The summed E-state index contributed by atoms with van der Waals surface area (Å²) >= 11 is 6.95. The number of rotatable bonds is 5. The fourth-order valence-corrected chi connectivity index (χ4v) is 6.00. The standard InChI is InChI=1S/C21H17ClF6N4O2S2/c22-15-10-14(21(26,27)28)12-29-19(15)32-7-5-31(6-8-32)17-4-3-13(20(23,24)25)11-16(17)30-36(33,34)18-2-1-9-35-18/h1-4,9-12,30H,5-8H2. The summed E-state index contributed by atoms with van der Waals surface area (Å²) in [4.78, 5) is 7.17. The number of hydrogen-bond acceptors (Lipinski definition) is 6. The number of piperazine rings is 1. The number of hydrogen-bond donors (Lipinski definition) is 1. The Morgan fingerprint density at radius 1 is 0.917 bits per heavy atom. The van der Waals surface area contributed by atoms with Crippen LogP contribution in [0, 0.1) is 0 Å². The molecule has 1 aliphatic rings. The number of nitrogens with one attached hydrogen (secondary N) is 1. The van der Waals surface area contributed by atoms with E-state index >= 15 is 0 Å². The Bertz CT molecular complexity index is 1340. The molecule has 0 amide bonds. The summed E-state index contributed by atoms with van der Waals surface area (Å²) in [6, 6.07) is 6.41. The molecule has 2 aromatic heterocycles. The van der Waals surface area contributed by atoms with Crippen LogP contribution in [-0.4, -0.2) is 39.6 Å². The summed E-state index contributed by atoms with van der Waals surface area (Å²) in [6.45, 7) is 0.905. The minimum absolute atomic E-state index is 0.0568. The molecule has 0 atom stereocenters. The van der Waals surface area contributed by atoms with Gasteiger partial charge in [0.2, 0.25) is 0 Å². The maximum Gasteiger partial charge on any atom is 0.417 e. The zero-order valence-corrected chi connectivity index (χ0v) is 20.5. The predicted octanol–water partition coefficient (Wildman–Crippen LogP) is 5.96. The summed E-state index contributed by atoms with van der Waals surface area (Å²) in [6.07, 6.45) is -8.60. The number of anilines is 3. The van der Waals surface area contributed by atoms with Crippen LogP contribution in [0.15, 0.2) is 52.2 Å². The Hall–Kier alpha value is -2.71. The van der Waals surface area contributed by atoms with Crippen LogP contribution in [0.4, 0.5) is 43.5 Å². The summed E-state index contributed by atoms with van der Waals surface area (Å²) in [5.74, 6) is 0.148. The lowest BCUT2D eigenvalue weighted by Crippen LogP contribution is -2.47. The van der Waals surface area contributed by atoms with Gasteiger partial charge in [0.15, 0.2) is 0 Å². The molecule has 0 spiro atoms. The van der Waals surface area contributed by atoms with Gasteiger partial charge in [0.05, 0.1) is 27.5 Å². The quantitative estimate of drug-likeness (QED) is 0.383. The molecule has 0 bridgehead atoms. The third-order valence-corrected chi connectivity index (χ3v) is 8.44. The second kappa shape index (κ2) is 9.63. The third-order valence-electron chi connectivity index (χ3n) is 5.40. The van der Waals surface area contributed by atoms with Crippen molar-refractivity contribution in [3.8, 4) is 0 Å². The van der Waals surface area contributed by atoms with E-state index in [0.29, 0.717) is 6.20 Å². The van der Waals surface area contributed by atoms with Crippen LogP contribution in [0.25, 0.3) is 0 Å². The smallest absolute Gasteiger partial charge is 0.366 e. The molecule has 4 rings (SSSR count). The Morgan fingerprint density at radius 2 is 1.56 bits per heavy atom. The van der Waals surface area contributed by atoms with Gasteiger partial charge >= 0.3 is 12.4 Å². The van der Waals surface area contributed by atoms with Crippen LogP contribution in [-0.2, 0) is 22.4 Å². The Labute approximate surface area is 211 Å². The van der Waals surface area contributed by atoms with Gasteiger partial charge in [-0.1, -0.05) is 17.7 Å². The molecule has 1 aromatic carbocycles. The van der Waals surface area contributed by atoms with Gasteiger partial charge < -0.3 is 9.80 Å². The molecule has 1 aliphatic heterocycles. The summed E-state index contributed by atoms with van der Waals surface area (Å²) < 4.78 is 106. The molecule has 1 saturated heterocycles. The number of alkyl halides is 6. The van der Waals surface area contributed by atoms with E-state index in [4.69, 9.17) is 11.6 Å². The van der Waals surface area contributed by atoms with Crippen molar-refractivity contribution in [3.05, 3.63) is 64.1 Å². The highest BCUT2D eigenvalue weighted by Crippen LogP contribution is 2.38. The molecule has 3 aromatic rings. The maximum absolute atomic E-state index is 13.3. The Balaban J connectivity index is 1.58. The summed E-state index contributed by atoms with van der Waals surface area (Å²) in [7, 11) is -4.12. The van der Waals surface area contributed by atoms with E-state index in [9.17, 15) is 34.8 Å². The molecule has 1 fully saturated rings. The molecule has 0 saturated carbocycles. The predicted molar refractivity (Wildman–Crippen MR) is 125 cm³/mol. The highest BCUT2D eigenvalue weighted by molar-refractivity contribution is 7.94. The van der Waals surface area contributed by atoms with Crippen molar-refractivity contribution in [2.24, 2.45) is 0 Å². The first-order valence-electron chi connectivity index (χ1n) is 10.3. The zero-order valence-electron chi connectivity index (χ0n) is 18.1. The molecular weight excluding hydrogens is 554 g/mol. The highest BCUT2D eigenvalue weighted by atomic mass is 35.5. The molecule has 0 unspecified atom stereocenters. The first-order valence-corrected chi connectivity index (χ1v) is 13.0. The first kappa shape index (κ1) is 26.4. The summed E-state index contributed by atoms with van der Waals surface area (Å²) in [5.41, 5.74) is -2.01. The van der Waals surface area contributed by atoms with Gasteiger partial charge in [-0.15, -0.1) is 11.3 Å². The normalized spacial score (nSPS) is 15.3. The number of nitrogens with zero attached hydrogens (tertiary/aromatic N) is 3. The highest BCUT2D eigenvalue weighted by Gasteiger charge is 2.34. The minimum Gasteiger partial charge on any atom is -0.366 e. The lowest BCUT2D eigenvalue weighted by Gasteiger charge is -2.38. The van der Waals surface area contributed by atoms with Crippen molar-refractivity contribution in [3.63, 3.8) is 0 Å². The number of pyridine rings is 1. The second-order valence-electron chi connectivity index (χ2n) is 7.77. The molecule has 36 heavy (non-hydrogen) atoms. The number of benzene rings is 1. The van der Waals surface area contributed by atoms with Gasteiger partial charge in [-0.05, 0) is 35.7 Å². The van der Waals surface area contributed by atoms with Crippen LogP contribution < -0.4 is 14.5 Å². The van der Waals surface area contributed by atoms with Gasteiger partial charge in [0.25, 0.3) is 10.0 Å². The van der Waals surface area contributed by atoms with Crippen molar-refractivity contribution >= 4 is 50.2 Å². The lowest BCUT2D eigenvalue weighted by atomic mass is 10.1. The lowest BCUT2D eigenvalue weighted by molar-refractivity contribution is -0.138. The van der Waals surface area contributed by atoms with Crippen molar-refractivity contribution in [2.75, 3.05) is 40.7 Å². The monoisotopic (exact) mass is 570 g/mol. The van der Waals surface area contributed by atoms with Gasteiger partial charge in [0, 0.05) is 32.4 Å². The number of halogens is 7. The van der Waals surface area contributed by atoms with Gasteiger partial charge in [-0.2, -0.15) is 26.3 Å². The SMILES string of the molecule is O=S(=O)(Nc1cc(C(F)(F)F)ccc1N1CCN(c2ncc(C(F)(F)F)cc2Cl)CC1)c1cccs1. The molecule has 0 radical (unpaired) electrons. The third kappa shape index (κ3) is 5.65. The fourth-order valence-electron chi connectivity index (χ4n) is 3.66. The average Bonchev–Trinajstić information content (AvgIpc) is 3.34. The molecule has 3 heterocycles. The van der Waals surface area contributed by atoms with E-state index < -0.39 is 33.5 Å². The van der Waals surface area contributed by atoms with Crippen LogP contribution >= 0.6 is 22.9 Å². The Kier molecular flexibility index (Phi) is 7.05. The molecule has 0 aliphatic carbocycles. The molecule has 6 nitrogen and oxygen atoms in total. The first-order chi connectivity index (χ1) is 16.8. The van der Waals surface area contributed by atoms with E-state index in [1.54, 1.807) is 9.80 Å². The van der Waals surface area contributed by atoms with Crippen LogP contribution in [0.3, 0.4) is 0 Å². The maximum atomic E-state index is 13.3. The topological polar surface area (TPSA) is 65.5 Å². The van der Waals surface area contributed by atoms with E-state index in [1.165, 1.54) is 23.6 Å². The fraction of sp³-hybridized carbons (Fsp3) is 0.286. The van der Waals surface area contributed by atoms with Crippen LogP contribution in [0.5, 0.6) is 0 Å². The number of thiophene rings is 1. The Morgan fingerprint density at radius 3 is 2.11 bits per heavy atom. The minimum atomic E-state index is -4.69. The summed E-state index contributed by atoms with van der Waals surface area (Å²) in [5, 5.41) is 1.35.